The fourth-order valence-corrected chi connectivity index (χ4v) is 3.27. The second-order valence-electron chi connectivity index (χ2n) is 7.13. The Morgan fingerprint density at radius 2 is 1.93 bits per heavy atom. The third-order valence-electron chi connectivity index (χ3n) is 5.28. The van der Waals surface area contributed by atoms with Crippen LogP contribution < -0.4 is 9.64 Å². The largest absolute Gasteiger partial charge is 0.474 e. The molecular weight excluding hydrogens is 347 g/mol. The molecule has 2 fully saturated rings. The minimum Gasteiger partial charge on any atom is -0.474 e. The molecule has 0 N–H and O–H groups in total. The van der Waals surface area contributed by atoms with Crippen molar-refractivity contribution in [2.24, 2.45) is 0 Å². The molecule has 1 aliphatic heterocycles. The van der Waals surface area contributed by atoms with E-state index in [1.54, 1.807) is 24.0 Å². The maximum atomic E-state index is 13.7. The summed E-state index contributed by atoms with van der Waals surface area (Å²) in [7, 11) is 0. The third kappa shape index (κ3) is 3.86. The van der Waals surface area contributed by atoms with Crippen molar-refractivity contribution in [1.82, 2.24) is 14.9 Å². The number of nitrogens with zero attached hydrogens (tertiary/aromatic N) is 4. The van der Waals surface area contributed by atoms with Crippen LogP contribution >= 0.6 is 0 Å². The van der Waals surface area contributed by atoms with Gasteiger partial charge in [-0.25, -0.2) is 14.4 Å². The van der Waals surface area contributed by atoms with Crippen LogP contribution in [0, 0.1) is 12.7 Å². The van der Waals surface area contributed by atoms with Crippen molar-refractivity contribution >= 4 is 11.7 Å². The smallest absolute Gasteiger partial charge is 0.254 e. The van der Waals surface area contributed by atoms with Crippen LogP contribution in [0.15, 0.2) is 30.6 Å². The van der Waals surface area contributed by atoms with E-state index in [1.807, 2.05) is 6.07 Å². The summed E-state index contributed by atoms with van der Waals surface area (Å²) < 4.78 is 19.6. The van der Waals surface area contributed by atoms with Gasteiger partial charge < -0.3 is 14.5 Å². The summed E-state index contributed by atoms with van der Waals surface area (Å²) in [4.78, 5) is 25.0. The minimum absolute atomic E-state index is 0.134. The maximum Gasteiger partial charge on any atom is 0.254 e. The van der Waals surface area contributed by atoms with Crippen LogP contribution in [0.1, 0.15) is 35.2 Å². The molecule has 0 bridgehead atoms. The third-order valence-corrected chi connectivity index (χ3v) is 5.28. The summed E-state index contributed by atoms with van der Waals surface area (Å²) in [6.07, 6.45) is 5.18. The zero-order chi connectivity index (χ0) is 18.8. The Morgan fingerprint density at radius 3 is 2.59 bits per heavy atom. The average molecular weight is 370 g/mol. The van der Waals surface area contributed by atoms with Gasteiger partial charge in [-0.05, 0) is 43.9 Å². The highest BCUT2D eigenvalue weighted by atomic mass is 19.1. The van der Waals surface area contributed by atoms with Gasteiger partial charge in [0.05, 0.1) is 0 Å². The molecule has 6 nitrogen and oxygen atoms in total. The summed E-state index contributed by atoms with van der Waals surface area (Å²) in [6.45, 7) is 4.15. The Hall–Kier alpha value is -2.70. The Balaban J connectivity index is 1.37. The number of carbonyl (C=O) groups excluding carboxylic acids is 1. The number of ether oxygens (including phenoxy) is 1. The normalized spacial score (nSPS) is 17.6. The first-order valence-electron chi connectivity index (χ1n) is 9.39. The molecule has 0 radical (unpaired) electrons. The molecule has 1 aromatic carbocycles. The molecule has 2 heterocycles. The molecule has 27 heavy (non-hydrogen) atoms. The number of piperazine rings is 1. The summed E-state index contributed by atoms with van der Waals surface area (Å²) in [5, 5.41) is 0. The monoisotopic (exact) mass is 370 g/mol. The van der Waals surface area contributed by atoms with Crippen molar-refractivity contribution in [3.05, 3.63) is 47.5 Å². The first-order chi connectivity index (χ1) is 13.1. The van der Waals surface area contributed by atoms with Gasteiger partial charge in [0.2, 0.25) is 5.88 Å². The van der Waals surface area contributed by atoms with Gasteiger partial charge in [-0.3, -0.25) is 4.79 Å². The van der Waals surface area contributed by atoms with Crippen molar-refractivity contribution < 1.29 is 13.9 Å². The molecule has 0 spiro atoms. The van der Waals surface area contributed by atoms with Crippen LogP contribution in [0.25, 0.3) is 0 Å². The molecule has 0 atom stereocenters. The van der Waals surface area contributed by atoms with Crippen molar-refractivity contribution in [2.75, 3.05) is 31.1 Å². The van der Waals surface area contributed by atoms with Crippen LogP contribution in [0.4, 0.5) is 10.2 Å². The van der Waals surface area contributed by atoms with Gasteiger partial charge >= 0.3 is 0 Å². The SMILES string of the molecule is Cc1ccc(C(=O)N2CCN(c3cc(OC4CCC4)ncn3)CC2)cc1F. The van der Waals surface area contributed by atoms with Crippen LogP contribution in [-0.4, -0.2) is 53.1 Å². The highest BCUT2D eigenvalue weighted by molar-refractivity contribution is 5.94. The molecule has 1 saturated carbocycles. The number of hydrogen-bond acceptors (Lipinski definition) is 5. The second-order valence-corrected chi connectivity index (χ2v) is 7.13. The standard InChI is InChI=1S/C20H23FN4O2/c1-14-5-6-15(11-17(14)21)20(26)25-9-7-24(8-10-25)18-12-19(23-13-22-18)27-16-3-2-4-16/h5-6,11-13,16H,2-4,7-10H2,1H3. The predicted octanol–water partition coefficient (Wildman–Crippen LogP) is 2.82. The molecule has 2 aliphatic rings. The number of halogens is 1. The van der Waals surface area contributed by atoms with E-state index in [-0.39, 0.29) is 17.8 Å². The van der Waals surface area contributed by atoms with E-state index in [4.69, 9.17) is 4.74 Å². The highest BCUT2D eigenvalue weighted by Crippen LogP contribution is 2.25. The van der Waals surface area contributed by atoms with E-state index in [0.717, 1.165) is 18.7 Å². The van der Waals surface area contributed by atoms with Crippen LogP contribution in [0.2, 0.25) is 0 Å². The zero-order valence-corrected chi connectivity index (χ0v) is 15.4. The van der Waals surface area contributed by atoms with Crippen molar-refractivity contribution in [3.8, 4) is 5.88 Å². The van der Waals surface area contributed by atoms with Gasteiger partial charge in [-0.2, -0.15) is 0 Å². The van der Waals surface area contributed by atoms with E-state index in [9.17, 15) is 9.18 Å². The highest BCUT2D eigenvalue weighted by Gasteiger charge is 2.24. The minimum atomic E-state index is -0.348. The molecule has 0 unspecified atom stereocenters. The first kappa shape index (κ1) is 17.7. The Kier molecular flexibility index (Phi) is 4.92. The lowest BCUT2D eigenvalue weighted by molar-refractivity contribution is 0.0745. The Morgan fingerprint density at radius 1 is 1.15 bits per heavy atom. The van der Waals surface area contributed by atoms with Gasteiger partial charge in [0.15, 0.2) is 0 Å². The van der Waals surface area contributed by atoms with Crippen molar-refractivity contribution in [1.29, 1.82) is 0 Å². The number of benzene rings is 1. The van der Waals surface area contributed by atoms with Crippen LogP contribution in [0.3, 0.4) is 0 Å². The van der Waals surface area contributed by atoms with Gasteiger partial charge in [0, 0.05) is 37.8 Å². The molecule has 1 amide bonds. The van der Waals surface area contributed by atoms with Gasteiger partial charge in [-0.15, -0.1) is 0 Å². The lowest BCUT2D eigenvalue weighted by Crippen LogP contribution is -2.49. The summed E-state index contributed by atoms with van der Waals surface area (Å²) in [5.41, 5.74) is 0.935. The lowest BCUT2D eigenvalue weighted by Gasteiger charge is -2.35. The van der Waals surface area contributed by atoms with Crippen LogP contribution in [0.5, 0.6) is 5.88 Å². The zero-order valence-electron chi connectivity index (χ0n) is 15.4. The predicted molar refractivity (Wildman–Crippen MR) is 99.6 cm³/mol. The summed E-state index contributed by atoms with van der Waals surface area (Å²) in [6, 6.07) is 6.51. The molecule has 142 valence electrons. The quantitative estimate of drug-likeness (QED) is 0.828. The number of anilines is 1. The lowest BCUT2D eigenvalue weighted by atomic mass is 9.96. The number of hydrogen-bond donors (Lipinski definition) is 0. The van der Waals surface area contributed by atoms with Crippen molar-refractivity contribution in [3.63, 3.8) is 0 Å². The number of carbonyl (C=O) groups is 1. The average Bonchev–Trinajstić information content (AvgIpc) is 2.67. The van der Waals surface area contributed by atoms with Gasteiger partial charge in [0.1, 0.15) is 24.1 Å². The van der Waals surface area contributed by atoms with E-state index < -0.39 is 0 Å². The summed E-state index contributed by atoms with van der Waals surface area (Å²) in [5.74, 6) is 0.941. The van der Waals surface area contributed by atoms with Gasteiger partial charge in [0.25, 0.3) is 5.91 Å². The van der Waals surface area contributed by atoms with E-state index >= 15 is 0 Å². The van der Waals surface area contributed by atoms with Crippen molar-refractivity contribution in [2.45, 2.75) is 32.3 Å². The molecule has 1 aliphatic carbocycles. The maximum absolute atomic E-state index is 13.7. The van der Waals surface area contributed by atoms with E-state index in [2.05, 4.69) is 14.9 Å². The molecule has 1 saturated heterocycles. The molecule has 2 aromatic rings. The molecule has 1 aromatic heterocycles. The second kappa shape index (κ2) is 7.50. The van der Waals surface area contributed by atoms with Crippen LogP contribution in [-0.2, 0) is 0 Å². The van der Waals surface area contributed by atoms with E-state index in [0.29, 0.717) is 43.2 Å². The van der Waals surface area contributed by atoms with Gasteiger partial charge in [-0.1, -0.05) is 6.07 Å². The molecular formula is C20H23FN4O2. The fourth-order valence-electron chi connectivity index (χ4n) is 3.27. The Bertz CT molecular complexity index is 832. The summed E-state index contributed by atoms with van der Waals surface area (Å²) >= 11 is 0. The number of aryl methyl sites for hydroxylation is 1. The fraction of sp³-hybridized carbons (Fsp3) is 0.450. The Labute approximate surface area is 158 Å². The first-order valence-corrected chi connectivity index (χ1v) is 9.39. The molecule has 7 heteroatoms. The number of amides is 1. The molecule has 4 rings (SSSR count). The topological polar surface area (TPSA) is 58.6 Å². The number of aromatic nitrogens is 2. The van der Waals surface area contributed by atoms with E-state index in [1.165, 1.54) is 18.8 Å². The number of rotatable bonds is 4.